The van der Waals surface area contributed by atoms with Crippen LogP contribution in [0.5, 0.6) is 11.8 Å². The van der Waals surface area contributed by atoms with Crippen molar-refractivity contribution in [2.75, 3.05) is 13.2 Å². The number of nitrogens with zero attached hydrogens (tertiary/aromatic N) is 4. The van der Waals surface area contributed by atoms with Gasteiger partial charge in [0.25, 0.3) is 0 Å². The van der Waals surface area contributed by atoms with Gasteiger partial charge in [0.1, 0.15) is 24.4 Å². The normalized spacial score (nSPS) is 25.4. The van der Waals surface area contributed by atoms with E-state index >= 15 is 0 Å². The first-order valence-corrected chi connectivity index (χ1v) is 19.5. The second kappa shape index (κ2) is 14.2. The standard InChI is InChI=1S/C37H60B2N6O10/c1-15-24-26(28-44(42-24)18-22(20-48-28)40-30(46)50-32(2,3)4)39-54-36(12,13)37(14,55-39)17-16-25-27(38-52-34(8,9)35(10,11)53-38)29-45(43-25)19-23(21-49-29)41-31(47)51-33(5,6)7/h22-23H,15-21H2,1-14H3,(H,40,46)(H,41,47)/t22-,23-,37?/m0/s1. The van der Waals surface area contributed by atoms with Crippen molar-refractivity contribution in [1.82, 2.24) is 30.2 Å². The van der Waals surface area contributed by atoms with Crippen LogP contribution in [0.15, 0.2) is 0 Å². The van der Waals surface area contributed by atoms with Crippen molar-refractivity contribution in [3.8, 4) is 11.8 Å². The van der Waals surface area contributed by atoms with Crippen LogP contribution < -0.4 is 31.0 Å². The van der Waals surface area contributed by atoms with Gasteiger partial charge >= 0.3 is 26.4 Å². The Bertz CT molecular complexity index is 1760. The molecule has 16 nitrogen and oxygen atoms in total. The third-order valence-corrected chi connectivity index (χ3v) is 11.0. The number of carbonyl (C=O) groups excluding carboxylic acids is 2. The van der Waals surface area contributed by atoms with Gasteiger partial charge in [0, 0.05) is 0 Å². The van der Waals surface area contributed by atoms with Gasteiger partial charge in [-0.15, -0.1) is 0 Å². The number of rotatable bonds is 8. The molecule has 2 N–H and O–H groups in total. The number of fused-ring (bicyclic) bond motifs is 2. The Kier molecular flexibility index (Phi) is 10.6. The van der Waals surface area contributed by atoms with Gasteiger partial charge < -0.3 is 48.2 Å². The Morgan fingerprint density at radius 1 is 0.709 bits per heavy atom. The monoisotopic (exact) mass is 770 g/mol. The largest absolute Gasteiger partial charge is 0.502 e. The molecule has 4 aliphatic rings. The van der Waals surface area contributed by atoms with Gasteiger partial charge in [0.15, 0.2) is 0 Å². The summed E-state index contributed by atoms with van der Waals surface area (Å²) in [4.78, 5) is 25.1. The van der Waals surface area contributed by atoms with Gasteiger partial charge in [0.05, 0.1) is 69.9 Å². The maximum Gasteiger partial charge on any atom is 0.502 e. The lowest BCUT2D eigenvalue weighted by molar-refractivity contribution is -0.0154. The van der Waals surface area contributed by atoms with E-state index in [2.05, 4.69) is 17.6 Å². The Labute approximate surface area is 325 Å². The van der Waals surface area contributed by atoms with Crippen LogP contribution >= 0.6 is 0 Å². The first-order chi connectivity index (χ1) is 25.3. The van der Waals surface area contributed by atoms with Crippen LogP contribution in [-0.2, 0) is 54.0 Å². The van der Waals surface area contributed by atoms with E-state index in [4.69, 9.17) is 47.8 Å². The Hall–Kier alpha value is -3.47. The van der Waals surface area contributed by atoms with Gasteiger partial charge in [-0.05, 0) is 109 Å². The zero-order valence-corrected chi connectivity index (χ0v) is 35.1. The lowest BCUT2D eigenvalue weighted by Gasteiger charge is -2.36. The number of amides is 2. The van der Waals surface area contributed by atoms with Crippen molar-refractivity contribution in [2.24, 2.45) is 0 Å². The molecule has 2 aromatic heterocycles. The van der Waals surface area contributed by atoms with E-state index in [1.54, 1.807) is 9.36 Å². The molecule has 2 fully saturated rings. The quantitative estimate of drug-likeness (QED) is 0.376. The van der Waals surface area contributed by atoms with Gasteiger partial charge in [-0.25, -0.2) is 19.0 Å². The minimum Gasteiger partial charge on any atom is -0.476 e. The van der Waals surface area contributed by atoms with E-state index in [-0.39, 0.29) is 25.3 Å². The van der Waals surface area contributed by atoms with Gasteiger partial charge in [-0.3, -0.25) is 0 Å². The highest BCUT2D eigenvalue weighted by Crippen LogP contribution is 2.42. The summed E-state index contributed by atoms with van der Waals surface area (Å²) >= 11 is 0. The first kappa shape index (κ1) is 41.2. The molecule has 55 heavy (non-hydrogen) atoms. The number of carbonyl (C=O) groups is 2. The second-order valence-electron chi connectivity index (χ2n) is 18.8. The molecule has 0 aromatic carbocycles. The molecule has 18 heteroatoms. The van der Waals surface area contributed by atoms with E-state index in [1.807, 2.05) is 90.0 Å². The van der Waals surface area contributed by atoms with Crippen molar-refractivity contribution < 1.29 is 47.2 Å². The Morgan fingerprint density at radius 2 is 1.13 bits per heavy atom. The molecule has 0 saturated carbocycles. The number of aromatic nitrogens is 4. The average molecular weight is 771 g/mol. The zero-order valence-electron chi connectivity index (χ0n) is 35.1. The van der Waals surface area contributed by atoms with Crippen LogP contribution in [-0.4, -0.2) is 105 Å². The van der Waals surface area contributed by atoms with Crippen LogP contribution in [0.1, 0.15) is 115 Å². The fourth-order valence-electron chi connectivity index (χ4n) is 7.08. The van der Waals surface area contributed by atoms with Crippen LogP contribution in [0, 0.1) is 0 Å². The number of hydrogen-bond donors (Lipinski definition) is 2. The molecule has 6 heterocycles. The van der Waals surface area contributed by atoms with E-state index in [0.717, 1.165) is 22.3 Å². The number of hydrogen-bond acceptors (Lipinski definition) is 12. The van der Waals surface area contributed by atoms with Crippen molar-refractivity contribution >= 4 is 37.3 Å². The topological polar surface area (TPSA) is 168 Å². The summed E-state index contributed by atoms with van der Waals surface area (Å²) in [6.07, 6.45) is 0.637. The van der Waals surface area contributed by atoms with Crippen molar-refractivity contribution in [3.63, 3.8) is 0 Å². The van der Waals surface area contributed by atoms with Crippen LogP contribution in [0.25, 0.3) is 0 Å². The molecule has 1 unspecified atom stereocenters. The summed E-state index contributed by atoms with van der Waals surface area (Å²) in [7, 11) is -1.46. The fourth-order valence-corrected chi connectivity index (χ4v) is 7.08. The maximum absolute atomic E-state index is 12.6. The summed E-state index contributed by atoms with van der Waals surface area (Å²) < 4.78 is 53.7. The van der Waals surface area contributed by atoms with Gasteiger partial charge in [-0.2, -0.15) is 10.2 Å². The molecule has 304 valence electrons. The lowest BCUT2D eigenvalue weighted by atomic mass is 9.76. The molecular formula is C37H60B2N6O10. The Morgan fingerprint density at radius 3 is 1.58 bits per heavy atom. The van der Waals surface area contributed by atoms with Crippen LogP contribution in [0.2, 0.25) is 0 Å². The molecule has 2 amide bonds. The average Bonchev–Trinajstić information content (AvgIpc) is 3.70. The highest BCUT2D eigenvalue weighted by molar-refractivity contribution is 6.64. The number of nitrogens with one attached hydrogen (secondary N) is 2. The predicted molar refractivity (Wildman–Crippen MR) is 205 cm³/mol. The highest BCUT2D eigenvalue weighted by atomic mass is 16.7. The van der Waals surface area contributed by atoms with Crippen molar-refractivity contribution in [1.29, 1.82) is 0 Å². The highest BCUT2D eigenvalue weighted by Gasteiger charge is 2.58. The zero-order chi connectivity index (χ0) is 40.5. The SMILES string of the molecule is CCc1nn2c(c1B1OC(C)(C)C(C)(CCc3nn4c(c3B3OC(C)(C)C(C)(C)O3)OC[C@@H](NC(=O)OC(C)(C)C)C4)O1)OC[C@@H](NC(=O)OC(C)(C)C)C2. The molecule has 0 bridgehead atoms. The third kappa shape index (κ3) is 8.47. The van der Waals surface area contributed by atoms with Crippen LogP contribution in [0.3, 0.4) is 0 Å². The van der Waals surface area contributed by atoms with Crippen LogP contribution in [0.4, 0.5) is 9.59 Å². The number of alkyl carbamates (subject to hydrolysis) is 2. The van der Waals surface area contributed by atoms with Crippen molar-refractivity contribution in [2.45, 2.75) is 175 Å². The van der Waals surface area contributed by atoms with Gasteiger partial charge in [-0.1, -0.05) is 6.92 Å². The van der Waals surface area contributed by atoms with E-state index in [1.165, 1.54) is 0 Å². The smallest absolute Gasteiger partial charge is 0.476 e. The molecule has 4 aliphatic heterocycles. The summed E-state index contributed by atoms with van der Waals surface area (Å²) in [5.41, 5.74) is -0.880. The number of ether oxygens (including phenoxy) is 4. The lowest BCUT2D eigenvalue weighted by Crippen LogP contribution is -2.48. The van der Waals surface area contributed by atoms with Crippen molar-refractivity contribution in [3.05, 3.63) is 11.4 Å². The molecule has 2 saturated heterocycles. The predicted octanol–water partition coefficient (Wildman–Crippen LogP) is 3.42. The summed E-state index contributed by atoms with van der Waals surface area (Å²) in [5, 5.41) is 15.7. The molecule has 0 aliphatic carbocycles. The maximum atomic E-state index is 12.6. The molecule has 3 atom stereocenters. The molecular weight excluding hydrogens is 710 g/mol. The van der Waals surface area contributed by atoms with Gasteiger partial charge in [0.2, 0.25) is 11.8 Å². The summed E-state index contributed by atoms with van der Waals surface area (Å²) in [5.74, 6) is 1.12. The summed E-state index contributed by atoms with van der Waals surface area (Å²) in [6.45, 7) is 28.4. The first-order valence-electron chi connectivity index (χ1n) is 19.5. The van der Waals surface area contributed by atoms with E-state index < -0.39 is 60.0 Å². The minimum absolute atomic E-state index is 0.232. The van der Waals surface area contributed by atoms with E-state index in [0.29, 0.717) is 44.1 Å². The minimum atomic E-state index is -0.772. The molecule has 0 spiro atoms. The molecule has 2 aromatic rings. The second-order valence-corrected chi connectivity index (χ2v) is 18.8. The molecule has 0 radical (unpaired) electrons. The molecule has 6 rings (SSSR count). The summed E-state index contributed by atoms with van der Waals surface area (Å²) in [6, 6.07) is -0.677. The Balaban J connectivity index is 1.22. The number of aryl methyl sites for hydroxylation is 2. The third-order valence-electron chi connectivity index (χ3n) is 11.0. The van der Waals surface area contributed by atoms with E-state index in [9.17, 15) is 9.59 Å². The fraction of sp³-hybridized carbons (Fsp3) is 0.784.